The predicted octanol–water partition coefficient (Wildman–Crippen LogP) is 3.55. The maximum absolute atomic E-state index is 12.6. The molecule has 1 aliphatic heterocycles. The van der Waals surface area contributed by atoms with Crippen molar-refractivity contribution in [2.45, 2.75) is 30.8 Å². The summed E-state index contributed by atoms with van der Waals surface area (Å²) in [6.45, 7) is 1.32. The standard InChI is InChI=1S/C18H19N3O4S2/c22-27(23,21-10-2-1-3-11-21)15-8-6-14(7-9-15)24-13-17-19-18(25-20-17)16-5-4-12-26-16/h4-9,12H,1-3,10-11,13H2. The molecule has 0 amide bonds. The zero-order valence-electron chi connectivity index (χ0n) is 14.6. The Morgan fingerprint density at radius 2 is 1.89 bits per heavy atom. The van der Waals surface area contributed by atoms with Gasteiger partial charge in [0.15, 0.2) is 6.61 Å². The van der Waals surface area contributed by atoms with E-state index in [4.69, 9.17) is 9.26 Å². The van der Waals surface area contributed by atoms with Gasteiger partial charge in [-0.25, -0.2) is 8.42 Å². The topological polar surface area (TPSA) is 85.5 Å². The normalized spacial score (nSPS) is 15.7. The number of sulfonamides is 1. The van der Waals surface area contributed by atoms with Crippen LogP contribution < -0.4 is 4.74 Å². The van der Waals surface area contributed by atoms with Gasteiger partial charge < -0.3 is 9.26 Å². The van der Waals surface area contributed by atoms with E-state index in [1.54, 1.807) is 28.6 Å². The van der Waals surface area contributed by atoms with Crippen molar-refractivity contribution in [1.29, 1.82) is 0 Å². The molecule has 0 radical (unpaired) electrons. The van der Waals surface area contributed by atoms with Crippen molar-refractivity contribution in [3.05, 3.63) is 47.6 Å². The van der Waals surface area contributed by atoms with E-state index in [0.29, 0.717) is 30.6 Å². The van der Waals surface area contributed by atoms with Crippen LogP contribution in [0.25, 0.3) is 10.8 Å². The zero-order valence-corrected chi connectivity index (χ0v) is 16.2. The van der Waals surface area contributed by atoms with Crippen molar-refractivity contribution in [3.8, 4) is 16.5 Å². The van der Waals surface area contributed by atoms with Crippen LogP contribution in [-0.2, 0) is 16.6 Å². The lowest BCUT2D eigenvalue weighted by Crippen LogP contribution is -2.35. The van der Waals surface area contributed by atoms with Crippen molar-refractivity contribution >= 4 is 21.4 Å². The fourth-order valence-electron chi connectivity index (χ4n) is 2.92. The molecule has 7 nitrogen and oxygen atoms in total. The van der Waals surface area contributed by atoms with Crippen LogP contribution in [0.2, 0.25) is 0 Å². The number of benzene rings is 1. The molecular weight excluding hydrogens is 386 g/mol. The van der Waals surface area contributed by atoms with E-state index < -0.39 is 10.0 Å². The molecule has 3 aromatic rings. The highest BCUT2D eigenvalue weighted by atomic mass is 32.2. The number of hydrogen-bond donors (Lipinski definition) is 0. The lowest BCUT2D eigenvalue weighted by Gasteiger charge is -2.25. The largest absolute Gasteiger partial charge is 0.485 e. The molecule has 0 N–H and O–H groups in total. The second kappa shape index (κ2) is 7.79. The van der Waals surface area contributed by atoms with Crippen molar-refractivity contribution in [2.75, 3.05) is 13.1 Å². The molecular formula is C18H19N3O4S2. The van der Waals surface area contributed by atoms with E-state index in [1.165, 1.54) is 11.3 Å². The third-order valence-electron chi connectivity index (χ3n) is 4.34. The second-order valence-electron chi connectivity index (χ2n) is 6.22. The average Bonchev–Trinajstić information content (AvgIpc) is 3.39. The van der Waals surface area contributed by atoms with Crippen molar-refractivity contribution in [2.24, 2.45) is 0 Å². The van der Waals surface area contributed by atoms with E-state index in [9.17, 15) is 8.42 Å². The molecule has 1 fully saturated rings. The zero-order chi connectivity index (χ0) is 18.7. The molecule has 0 atom stereocenters. The van der Waals surface area contributed by atoms with Gasteiger partial charge in [-0.15, -0.1) is 11.3 Å². The van der Waals surface area contributed by atoms with E-state index in [0.717, 1.165) is 24.1 Å². The van der Waals surface area contributed by atoms with Gasteiger partial charge in [0.05, 0.1) is 9.77 Å². The van der Waals surface area contributed by atoms with Gasteiger partial charge in [0.1, 0.15) is 5.75 Å². The van der Waals surface area contributed by atoms with E-state index in [2.05, 4.69) is 10.1 Å². The van der Waals surface area contributed by atoms with Gasteiger partial charge in [0.25, 0.3) is 5.89 Å². The van der Waals surface area contributed by atoms with Gasteiger partial charge in [-0.05, 0) is 48.6 Å². The number of rotatable bonds is 6. The second-order valence-corrected chi connectivity index (χ2v) is 9.10. The number of hydrogen-bond acceptors (Lipinski definition) is 7. The molecule has 3 heterocycles. The molecule has 1 aliphatic rings. The molecule has 0 bridgehead atoms. The highest BCUT2D eigenvalue weighted by molar-refractivity contribution is 7.89. The lowest BCUT2D eigenvalue weighted by molar-refractivity contribution is 0.287. The minimum absolute atomic E-state index is 0.146. The first-order valence-electron chi connectivity index (χ1n) is 8.72. The summed E-state index contributed by atoms with van der Waals surface area (Å²) >= 11 is 1.52. The Hall–Kier alpha value is -2.23. The highest BCUT2D eigenvalue weighted by Crippen LogP contribution is 2.24. The van der Waals surface area contributed by atoms with Crippen LogP contribution in [0, 0.1) is 0 Å². The van der Waals surface area contributed by atoms with Crippen LogP contribution in [0.15, 0.2) is 51.2 Å². The first-order chi connectivity index (χ1) is 13.1. The Labute approximate surface area is 161 Å². The third-order valence-corrected chi connectivity index (χ3v) is 7.12. The quantitative estimate of drug-likeness (QED) is 0.623. The molecule has 4 rings (SSSR count). The molecule has 27 heavy (non-hydrogen) atoms. The fraction of sp³-hybridized carbons (Fsp3) is 0.333. The Bertz CT molecular complexity index is 976. The first kappa shape index (κ1) is 18.1. The van der Waals surface area contributed by atoms with Gasteiger partial charge in [-0.2, -0.15) is 9.29 Å². The lowest BCUT2D eigenvalue weighted by atomic mass is 10.2. The third kappa shape index (κ3) is 4.05. The van der Waals surface area contributed by atoms with Crippen LogP contribution in [0.4, 0.5) is 0 Å². The summed E-state index contributed by atoms with van der Waals surface area (Å²) in [6, 6.07) is 10.3. The number of thiophene rings is 1. The number of piperidine rings is 1. The van der Waals surface area contributed by atoms with Crippen LogP contribution in [0.5, 0.6) is 5.75 Å². The molecule has 1 saturated heterocycles. The van der Waals surface area contributed by atoms with Gasteiger partial charge in [0, 0.05) is 13.1 Å². The summed E-state index contributed by atoms with van der Waals surface area (Å²) in [7, 11) is -3.43. The summed E-state index contributed by atoms with van der Waals surface area (Å²) in [5.74, 6) is 1.45. The van der Waals surface area contributed by atoms with Gasteiger partial charge in [0.2, 0.25) is 15.8 Å². The maximum Gasteiger partial charge on any atom is 0.268 e. The minimum Gasteiger partial charge on any atom is -0.485 e. The van der Waals surface area contributed by atoms with Crippen LogP contribution in [-0.4, -0.2) is 36.0 Å². The molecule has 0 spiro atoms. The smallest absolute Gasteiger partial charge is 0.268 e. The molecule has 142 valence electrons. The number of aromatic nitrogens is 2. The monoisotopic (exact) mass is 405 g/mol. The fourth-order valence-corrected chi connectivity index (χ4v) is 5.08. The van der Waals surface area contributed by atoms with Crippen LogP contribution >= 0.6 is 11.3 Å². The first-order valence-corrected chi connectivity index (χ1v) is 11.0. The Balaban J connectivity index is 1.39. The molecule has 9 heteroatoms. The van der Waals surface area contributed by atoms with E-state index in [1.807, 2.05) is 17.5 Å². The molecule has 1 aromatic carbocycles. The van der Waals surface area contributed by atoms with Crippen molar-refractivity contribution in [3.63, 3.8) is 0 Å². The van der Waals surface area contributed by atoms with Gasteiger partial charge >= 0.3 is 0 Å². The predicted molar refractivity (Wildman–Crippen MR) is 101 cm³/mol. The average molecular weight is 406 g/mol. The van der Waals surface area contributed by atoms with Crippen LogP contribution in [0.3, 0.4) is 0 Å². The van der Waals surface area contributed by atoms with E-state index in [-0.39, 0.29) is 11.5 Å². The Morgan fingerprint density at radius 3 is 2.59 bits per heavy atom. The van der Waals surface area contributed by atoms with E-state index >= 15 is 0 Å². The molecule has 0 saturated carbocycles. The molecule has 2 aromatic heterocycles. The van der Waals surface area contributed by atoms with Crippen molar-refractivity contribution < 1.29 is 17.7 Å². The minimum atomic E-state index is -3.43. The summed E-state index contributed by atoms with van der Waals surface area (Å²) in [5.41, 5.74) is 0. The Morgan fingerprint density at radius 1 is 1.11 bits per heavy atom. The summed E-state index contributed by atoms with van der Waals surface area (Å²) in [6.07, 6.45) is 2.92. The SMILES string of the molecule is O=S(=O)(c1ccc(OCc2noc(-c3cccs3)n2)cc1)N1CCCCC1. The van der Waals surface area contributed by atoms with Crippen molar-refractivity contribution in [1.82, 2.24) is 14.4 Å². The maximum atomic E-state index is 12.6. The summed E-state index contributed by atoms with van der Waals surface area (Å²) < 4.78 is 37.7. The molecule has 0 unspecified atom stereocenters. The van der Waals surface area contributed by atoms with Gasteiger partial charge in [-0.1, -0.05) is 17.6 Å². The number of nitrogens with zero attached hydrogens (tertiary/aromatic N) is 3. The van der Waals surface area contributed by atoms with Gasteiger partial charge in [-0.3, -0.25) is 0 Å². The summed E-state index contributed by atoms with van der Waals surface area (Å²) in [4.78, 5) is 5.48. The number of ether oxygens (including phenoxy) is 1. The Kier molecular flexibility index (Phi) is 5.24. The van der Waals surface area contributed by atoms with Crippen LogP contribution in [0.1, 0.15) is 25.1 Å². The highest BCUT2D eigenvalue weighted by Gasteiger charge is 2.25. The molecule has 0 aliphatic carbocycles. The summed E-state index contributed by atoms with van der Waals surface area (Å²) in [5, 5.41) is 5.84.